The molecule has 0 spiro atoms. The van der Waals surface area contributed by atoms with Crippen molar-refractivity contribution in [1.29, 1.82) is 0 Å². The van der Waals surface area contributed by atoms with Crippen LogP contribution in [0.3, 0.4) is 0 Å². The van der Waals surface area contributed by atoms with Crippen LogP contribution in [0.2, 0.25) is 0 Å². The Balaban J connectivity index is 1.65. The van der Waals surface area contributed by atoms with Crippen LogP contribution in [0, 0.1) is 11.8 Å². The van der Waals surface area contributed by atoms with E-state index in [-0.39, 0.29) is 24.5 Å². The minimum Gasteiger partial charge on any atom is -0.445 e. The third-order valence-corrected chi connectivity index (χ3v) is 5.62. The van der Waals surface area contributed by atoms with Gasteiger partial charge in [-0.05, 0) is 24.3 Å². The zero-order valence-corrected chi connectivity index (χ0v) is 13.5. The highest BCUT2D eigenvalue weighted by molar-refractivity contribution is 7.86. The Kier molecular flexibility index (Phi) is 4.57. The van der Waals surface area contributed by atoms with Crippen LogP contribution in [0.1, 0.15) is 24.8 Å². The number of amides is 1. The lowest BCUT2D eigenvalue weighted by atomic mass is 9.81. The number of fused-ring (bicyclic) bond motifs is 2. The lowest BCUT2D eigenvalue weighted by molar-refractivity contribution is 0.0876. The Bertz CT molecular complexity index is 664. The molecule has 0 N–H and O–H groups in total. The summed E-state index contributed by atoms with van der Waals surface area (Å²) in [6, 6.07) is 9.13. The summed E-state index contributed by atoms with van der Waals surface area (Å²) in [6.45, 7) is 0.637. The monoisotopic (exact) mass is 341 g/mol. The van der Waals surface area contributed by atoms with Crippen LogP contribution in [0.5, 0.6) is 0 Å². The van der Waals surface area contributed by atoms with Crippen LogP contribution in [0.25, 0.3) is 0 Å². The topological polar surface area (TPSA) is 63.7 Å². The third kappa shape index (κ3) is 3.83. The minimum atomic E-state index is -4.53. The number of benzene rings is 1. The second kappa shape index (κ2) is 6.47. The van der Waals surface area contributed by atoms with Crippen LogP contribution < -0.4 is 0 Å². The number of rotatable bonds is 4. The Hall–Kier alpha value is -1.63. The average Bonchev–Trinajstić information content (AvgIpc) is 2.71. The number of halogens is 1. The summed E-state index contributed by atoms with van der Waals surface area (Å²) in [6.07, 6.45) is 2.03. The number of hydrogen-bond acceptors (Lipinski definition) is 4. The number of ether oxygens (including phenoxy) is 1. The molecule has 7 heteroatoms. The zero-order valence-electron chi connectivity index (χ0n) is 12.7. The Morgan fingerprint density at radius 3 is 2.70 bits per heavy atom. The molecule has 1 heterocycles. The summed E-state index contributed by atoms with van der Waals surface area (Å²) >= 11 is 0. The van der Waals surface area contributed by atoms with E-state index in [0.717, 1.165) is 18.4 Å². The van der Waals surface area contributed by atoms with Crippen molar-refractivity contribution in [3.63, 3.8) is 0 Å². The van der Waals surface area contributed by atoms with Gasteiger partial charge in [-0.3, -0.25) is 0 Å². The zero-order chi connectivity index (χ0) is 16.4. The van der Waals surface area contributed by atoms with E-state index >= 15 is 0 Å². The van der Waals surface area contributed by atoms with Gasteiger partial charge in [0.15, 0.2) is 0 Å². The highest BCUT2D eigenvalue weighted by Gasteiger charge is 2.48. The van der Waals surface area contributed by atoms with E-state index in [9.17, 15) is 17.1 Å². The summed E-state index contributed by atoms with van der Waals surface area (Å²) in [5, 5.41) is 0. The summed E-state index contributed by atoms with van der Waals surface area (Å²) in [7, 11) is -4.53. The normalized spacial score (nSPS) is 27.0. The van der Waals surface area contributed by atoms with Gasteiger partial charge in [0.2, 0.25) is 0 Å². The molecule has 5 nitrogen and oxygen atoms in total. The molecule has 1 aromatic rings. The molecule has 2 fully saturated rings. The van der Waals surface area contributed by atoms with E-state index in [1.54, 1.807) is 4.90 Å². The number of likely N-dealkylation sites (tertiary alicyclic amines) is 1. The van der Waals surface area contributed by atoms with Crippen molar-refractivity contribution < 1.29 is 21.8 Å². The van der Waals surface area contributed by atoms with E-state index in [2.05, 4.69) is 0 Å². The lowest BCUT2D eigenvalue weighted by Crippen LogP contribution is -2.40. The molecule has 3 unspecified atom stereocenters. The van der Waals surface area contributed by atoms with Gasteiger partial charge in [-0.2, -0.15) is 8.42 Å². The molecule has 2 aliphatic rings. The Morgan fingerprint density at radius 2 is 2.00 bits per heavy atom. The maximum absolute atomic E-state index is 13.1. The quantitative estimate of drug-likeness (QED) is 0.790. The van der Waals surface area contributed by atoms with Crippen molar-refractivity contribution >= 4 is 16.3 Å². The minimum absolute atomic E-state index is 0.0450. The van der Waals surface area contributed by atoms with Gasteiger partial charge in [0.05, 0.1) is 5.75 Å². The summed E-state index contributed by atoms with van der Waals surface area (Å²) in [5.41, 5.74) is 0.894. The molecular formula is C16H20FNO4S. The maximum atomic E-state index is 13.1. The van der Waals surface area contributed by atoms with E-state index < -0.39 is 22.1 Å². The van der Waals surface area contributed by atoms with Gasteiger partial charge in [-0.25, -0.2) is 4.79 Å². The first-order chi connectivity index (χ1) is 10.9. The molecule has 3 rings (SSSR count). The molecule has 23 heavy (non-hydrogen) atoms. The SMILES string of the molecule is O=C(OCc1ccccc1)N1CC2CCCC1C2CS(=O)(=O)F. The number of nitrogens with zero attached hydrogens (tertiary/aromatic N) is 1. The predicted octanol–water partition coefficient (Wildman–Crippen LogP) is 2.72. The first-order valence-corrected chi connectivity index (χ1v) is 9.39. The van der Waals surface area contributed by atoms with Gasteiger partial charge in [-0.1, -0.05) is 36.8 Å². The summed E-state index contributed by atoms with van der Waals surface area (Å²) in [5.74, 6) is -0.767. The molecule has 2 bridgehead atoms. The fraction of sp³-hybridized carbons (Fsp3) is 0.562. The van der Waals surface area contributed by atoms with Crippen molar-refractivity contribution in [3.8, 4) is 0 Å². The standard InChI is InChI=1S/C16H20FNO4S/c17-23(20,21)11-14-13-7-4-8-15(14)18(9-13)16(19)22-10-12-5-2-1-3-6-12/h1-3,5-6,13-15H,4,7-11H2. The van der Waals surface area contributed by atoms with E-state index in [0.29, 0.717) is 13.0 Å². The second-order valence-electron chi connectivity index (χ2n) is 6.32. The highest BCUT2D eigenvalue weighted by atomic mass is 32.3. The molecule has 3 atom stereocenters. The number of carbonyl (C=O) groups is 1. The molecule has 1 aliphatic carbocycles. The predicted molar refractivity (Wildman–Crippen MR) is 82.8 cm³/mol. The molecule has 1 saturated heterocycles. The first-order valence-electron chi connectivity index (χ1n) is 7.84. The number of carbonyl (C=O) groups excluding carboxylic acids is 1. The summed E-state index contributed by atoms with van der Waals surface area (Å²) < 4.78 is 40.4. The van der Waals surface area contributed by atoms with Crippen LogP contribution in [-0.2, 0) is 21.6 Å². The van der Waals surface area contributed by atoms with Gasteiger partial charge in [-0.15, -0.1) is 3.89 Å². The highest BCUT2D eigenvalue weighted by Crippen LogP contribution is 2.41. The Labute approximate surface area is 135 Å². The largest absolute Gasteiger partial charge is 0.445 e. The van der Waals surface area contributed by atoms with Crippen LogP contribution in [0.15, 0.2) is 30.3 Å². The van der Waals surface area contributed by atoms with Crippen molar-refractivity contribution in [2.45, 2.75) is 31.9 Å². The van der Waals surface area contributed by atoms with Crippen molar-refractivity contribution in [2.75, 3.05) is 12.3 Å². The molecule has 1 aromatic carbocycles. The molecule has 126 valence electrons. The maximum Gasteiger partial charge on any atom is 0.410 e. The van der Waals surface area contributed by atoms with Gasteiger partial charge < -0.3 is 9.64 Å². The van der Waals surface area contributed by atoms with Crippen LogP contribution >= 0.6 is 0 Å². The Morgan fingerprint density at radius 1 is 1.26 bits per heavy atom. The molecule has 1 saturated carbocycles. The molecule has 0 radical (unpaired) electrons. The fourth-order valence-electron chi connectivity index (χ4n) is 3.82. The molecule has 0 aromatic heterocycles. The lowest BCUT2D eigenvalue weighted by Gasteiger charge is -2.30. The fourth-order valence-corrected chi connectivity index (χ4v) is 4.78. The van der Waals surface area contributed by atoms with Crippen molar-refractivity contribution in [3.05, 3.63) is 35.9 Å². The second-order valence-corrected chi connectivity index (χ2v) is 7.73. The van der Waals surface area contributed by atoms with Crippen molar-refractivity contribution in [1.82, 2.24) is 4.90 Å². The number of hydrogen-bond donors (Lipinski definition) is 0. The van der Waals surface area contributed by atoms with E-state index in [1.165, 1.54) is 0 Å². The first kappa shape index (κ1) is 16.2. The average molecular weight is 341 g/mol. The third-order valence-electron chi connectivity index (χ3n) is 4.84. The van der Waals surface area contributed by atoms with E-state index in [1.807, 2.05) is 30.3 Å². The summed E-state index contributed by atoms with van der Waals surface area (Å²) in [4.78, 5) is 13.9. The van der Waals surface area contributed by atoms with E-state index in [4.69, 9.17) is 4.74 Å². The van der Waals surface area contributed by atoms with Gasteiger partial charge >= 0.3 is 16.3 Å². The molecule has 1 aliphatic heterocycles. The van der Waals surface area contributed by atoms with Gasteiger partial charge in [0.25, 0.3) is 0 Å². The smallest absolute Gasteiger partial charge is 0.410 e. The molecular weight excluding hydrogens is 321 g/mol. The van der Waals surface area contributed by atoms with Gasteiger partial charge in [0.1, 0.15) is 6.61 Å². The van der Waals surface area contributed by atoms with Crippen LogP contribution in [-0.4, -0.2) is 37.8 Å². The van der Waals surface area contributed by atoms with Crippen molar-refractivity contribution in [2.24, 2.45) is 11.8 Å². The van der Waals surface area contributed by atoms with Crippen LogP contribution in [0.4, 0.5) is 8.68 Å². The van der Waals surface area contributed by atoms with Gasteiger partial charge in [0, 0.05) is 18.5 Å². The molecule has 1 amide bonds.